The van der Waals surface area contributed by atoms with Crippen LogP contribution >= 0.6 is 0 Å². The molecule has 1 unspecified atom stereocenters. The van der Waals surface area contributed by atoms with E-state index in [0.717, 1.165) is 25.9 Å². The number of unbranched alkanes of at least 4 members (excludes halogenated alkanes) is 1. The number of benzene rings is 1. The Kier molecular flexibility index (Phi) is 5.33. The average molecular weight is 268 g/mol. The molecule has 4 heteroatoms. The van der Waals surface area contributed by atoms with Gasteiger partial charge in [0, 0.05) is 25.0 Å². The molecular weight excluding hydrogens is 248 g/mol. The van der Waals surface area contributed by atoms with E-state index in [1.165, 1.54) is 5.56 Å². The second-order valence-corrected chi connectivity index (χ2v) is 4.92. The Bertz CT molecular complexity index is 537. The van der Waals surface area contributed by atoms with Gasteiger partial charge < -0.3 is 9.88 Å². The highest BCUT2D eigenvalue weighted by atomic mass is 15.0. The third-order valence-corrected chi connectivity index (χ3v) is 3.39. The fourth-order valence-corrected chi connectivity index (χ4v) is 2.12. The van der Waals surface area contributed by atoms with Crippen LogP contribution in [0.1, 0.15) is 36.9 Å². The van der Waals surface area contributed by atoms with Gasteiger partial charge in [-0.3, -0.25) is 0 Å². The Labute approximate surface area is 120 Å². The summed E-state index contributed by atoms with van der Waals surface area (Å²) in [6, 6.07) is 10.2. The van der Waals surface area contributed by atoms with E-state index >= 15 is 0 Å². The van der Waals surface area contributed by atoms with E-state index in [1.54, 1.807) is 0 Å². The summed E-state index contributed by atoms with van der Waals surface area (Å²) >= 11 is 0. The SMILES string of the molecule is CC(NCCCCn1ccnc1)c1ccc(C#N)cc1. The molecule has 1 aromatic carbocycles. The molecule has 0 amide bonds. The van der Waals surface area contributed by atoms with Crippen LogP contribution in [0.15, 0.2) is 43.0 Å². The molecular formula is C16H20N4. The van der Waals surface area contributed by atoms with Gasteiger partial charge in [0.05, 0.1) is 18.0 Å². The molecule has 0 aliphatic rings. The first kappa shape index (κ1) is 14.3. The van der Waals surface area contributed by atoms with Crippen LogP contribution in [0, 0.1) is 11.3 Å². The smallest absolute Gasteiger partial charge is 0.0991 e. The summed E-state index contributed by atoms with van der Waals surface area (Å²) in [6.45, 7) is 4.17. The molecule has 1 N–H and O–H groups in total. The van der Waals surface area contributed by atoms with Crippen LogP contribution in [0.25, 0.3) is 0 Å². The highest BCUT2D eigenvalue weighted by molar-refractivity contribution is 5.32. The van der Waals surface area contributed by atoms with Gasteiger partial charge in [-0.1, -0.05) is 12.1 Å². The van der Waals surface area contributed by atoms with Crippen molar-refractivity contribution in [2.24, 2.45) is 0 Å². The maximum Gasteiger partial charge on any atom is 0.0991 e. The Morgan fingerprint density at radius 1 is 1.30 bits per heavy atom. The number of aryl methyl sites for hydroxylation is 1. The first-order valence-electron chi connectivity index (χ1n) is 6.99. The lowest BCUT2D eigenvalue weighted by atomic mass is 10.1. The van der Waals surface area contributed by atoms with Crippen molar-refractivity contribution in [1.82, 2.24) is 14.9 Å². The van der Waals surface area contributed by atoms with Gasteiger partial charge in [0.2, 0.25) is 0 Å². The number of nitriles is 1. The van der Waals surface area contributed by atoms with Crippen LogP contribution < -0.4 is 5.32 Å². The maximum absolute atomic E-state index is 8.77. The normalized spacial score (nSPS) is 12.0. The molecule has 0 radical (unpaired) electrons. The lowest BCUT2D eigenvalue weighted by molar-refractivity contribution is 0.523. The van der Waals surface area contributed by atoms with Gasteiger partial charge in [-0.05, 0) is 44.0 Å². The number of imidazole rings is 1. The van der Waals surface area contributed by atoms with Crippen molar-refractivity contribution in [1.29, 1.82) is 5.26 Å². The van der Waals surface area contributed by atoms with E-state index in [9.17, 15) is 0 Å². The fraction of sp³-hybridized carbons (Fsp3) is 0.375. The van der Waals surface area contributed by atoms with E-state index in [1.807, 2.05) is 43.0 Å². The standard InChI is InChI=1S/C16H20N4/c1-14(16-6-4-15(12-17)5-7-16)19-8-2-3-10-20-11-9-18-13-20/h4-7,9,11,13-14,19H,2-3,8,10H2,1H3. The van der Waals surface area contributed by atoms with Crippen LogP contribution in [-0.4, -0.2) is 16.1 Å². The molecule has 2 aromatic rings. The second-order valence-electron chi connectivity index (χ2n) is 4.92. The number of nitrogens with zero attached hydrogens (tertiary/aromatic N) is 3. The minimum Gasteiger partial charge on any atom is -0.337 e. The van der Waals surface area contributed by atoms with E-state index in [4.69, 9.17) is 5.26 Å². The minimum absolute atomic E-state index is 0.316. The fourth-order valence-electron chi connectivity index (χ4n) is 2.12. The Morgan fingerprint density at radius 2 is 2.10 bits per heavy atom. The molecule has 0 fully saturated rings. The zero-order valence-corrected chi connectivity index (χ0v) is 11.8. The maximum atomic E-state index is 8.77. The molecule has 0 bridgehead atoms. The number of aromatic nitrogens is 2. The van der Waals surface area contributed by atoms with Crippen molar-refractivity contribution in [2.45, 2.75) is 32.4 Å². The molecule has 0 spiro atoms. The topological polar surface area (TPSA) is 53.6 Å². The zero-order chi connectivity index (χ0) is 14.2. The van der Waals surface area contributed by atoms with Gasteiger partial charge >= 0.3 is 0 Å². The van der Waals surface area contributed by atoms with Crippen molar-refractivity contribution < 1.29 is 0 Å². The summed E-state index contributed by atoms with van der Waals surface area (Å²) in [4.78, 5) is 4.03. The molecule has 0 aliphatic carbocycles. The monoisotopic (exact) mass is 268 g/mol. The van der Waals surface area contributed by atoms with Crippen molar-refractivity contribution in [3.8, 4) is 6.07 Å². The molecule has 0 saturated heterocycles. The van der Waals surface area contributed by atoms with Crippen LogP contribution in [0.5, 0.6) is 0 Å². The van der Waals surface area contributed by atoms with Crippen LogP contribution in [0.2, 0.25) is 0 Å². The molecule has 0 aliphatic heterocycles. The predicted octanol–water partition coefficient (Wildman–Crippen LogP) is 2.89. The van der Waals surface area contributed by atoms with Crippen molar-refractivity contribution >= 4 is 0 Å². The molecule has 4 nitrogen and oxygen atoms in total. The van der Waals surface area contributed by atoms with Gasteiger partial charge in [0.1, 0.15) is 0 Å². The molecule has 1 atom stereocenters. The van der Waals surface area contributed by atoms with E-state index in [-0.39, 0.29) is 0 Å². The summed E-state index contributed by atoms with van der Waals surface area (Å²) in [7, 11) is 0. The Morgan fingerprint density at radius 3 is 2.75 bits per heavy atom. The summed E-state index contributed by atoms with van der Waals surface area (Å²) in [5.74, 6) is 0. The van der Waals surface area contributed by atoms with Crippen molar-refractivity contribution in [3.05, 3.63) is 54.1 Å². The lowest BCUT2D eigenvalue weighted by Crippen LogP contribution is -2.20. The summed E-state index contributed by atoms with van der Waals surface area (Å²) in [5.41, 5.74) is 1.93. The van der Waals surface area contributed by atoms with E-state index < -0.39 is 0 Å². The van der Waals surface area contributed by atoms with Gasteiger partial charge in [0.15, 0.2) is 0 Å². The summed E-state index contributed by atoms with van der Waals surface area (Å²) in [6.07, 6.45) is 7.94. The molecule has 2 rings (SSSR count). The van der Waals surface area contributed by atoms with Gasteiger partial charge in [-0.25, -0.2) is 4.98 Å². The predicted molar refractivity (Wildman–Crippen MR) is 79.0 cm³/mol. The lowest BCUT2D eigenvalue weighted by Gasteiger charge is -2.14. The van der Waals surface area contributed by atoms with Crippen LogP contribution in [0.4, 0.5) is 0 Å². The number of nitrogens with one attached hydrogen (secondary N) is 1. The van der Waals surface area contributed by atoms with Crippen molar-refractivity contribution in [3.63, 3.8) is 0 Å². The van der Waals surface area contributed by atoms with Crippen LogP contribution in [0.3, 0.4) is 0 Å². The highest BCUT2D eigenvalue weighted by Crippen LogP contribution is 2.13. The van der Waals surface area contributed by atoms with Gasteiger partial charge in [-0.15, -0.1) is 0 Å². The summed E-state index contributed by atoms with van der Waals surface area (Å²) < 4.78 is 2.10. The molecule has 20 heavy (non-hydrogen) atoms. The number of hydrogen-bond donors (Lipinski definition) is 1. The molecule has 0 saturated carbocycles. The van der Waals surface area contributed by atoms with Crippen LogP contribution in [-0.2, 0) is 6.54 Å². The highest BCUT2D eigenvalue weighted by Gasteiger charge is 2.04. The second kappa shape index (κ2) is 7.46. The third kappa shape index (κ3) is 4.22. The zero-order valence-electron chi connectivity index (χ0n) is 11.8. The van der Waals surface area contributed by atoms with E-state index in [0.29, 0.717) is 11.6 Å². The number of hydrogen-bond acceptors (Lipinski definition) is 3. The molecule has 104 valence electrons. The van der Waals surface area contributed by atoms with Gasteiger partial charge in [-0.2, -0.15) is 5.26 Å². The largest absolute Gasteiger partial charge is 0.337 e. The third-order valence-electron chi connectivity index (χ3n) is 3.39. The van der Waals surface area contributed by atoms with Gasteiger partial charge in [0.25, 0.3) is 0 Å². The Balaban J connectivity index is 1.66. The first-order chi connectivity index (χ1) is 9.79. The Hall–Kier alpha value is -2.12. The molecule has 1 aromatic heterocycles. The summed E-state index contributed by atoms with van der Waals surface area (Å²) in [5, 5.41) is 12.3. The quantitative estimate of drug-likeness (QED) is 0.786. The van der Waals surface area contributed by atoms with E-state index in [2.05, 4.69) is 27.9 Å². The molecule has 1 heterocycles. The minimum atomic E-state index is 0.316. The number of rotatable bonds is 7. The van der Waals surface area contributed by atoms with Crippen molar-refractivity contribution in [2.75, 3.05) is 6.54 Å². The first-order valence-corrected chi connectivity index (χ1v) is 6.99. The average Bonchev–Trinajstić information content (AvgIpc) is 3.00.